The lowest BCUT2D eigenvalue weighted by Gasteiger charge is -2.07. The Hall–Kier alpha value is -2.24. The molecule has 24 heavy (non-hydrogen) atoms. The molecule has 2 aromatic rings. The first-order chi connectivity index (χ1) is 11.5. The van der Waals surface area contributed by atoms with E-state index in [-0.39, 0.29) is 11.4 Å². The number of hydrogen-bond donors (Lipinski definition) is 3. The molecule has 1 aromatic carbocycles. The molecule has 0 bridgehead atoms. The monoisotopic (exact) mass is 345 g/mol. The second-order valence-corrected chi connectivity index (χ2v) is 6.01. The lowest BCUT2D eigenvalue weighted by Crippen LogP contribution is -2.04. The van der Waals surface area contributed by atoms with Gasteiger partial charge in [0.1, 0.15) is 5.82 Å². The Balaban J connectivity index is 0.000000505. The Bertz CT molecular complexity index is 689. The van der Waals surface area contributed by atoms with Gasteiger partial charge in [-0.15, -0.1) is 11.3 Å². The zero-order valence-electron chi connectivity index (χ0n) is 14.1. The van der Waals surface area contributed by atoms with Crippen LogP contribution in [0.5, 0.6) is 0 Å². The van der Waals surface area contributed by atoms with Crippen LogP contribution in [0.15, 0.2) is 42.3 Å². The second-order valence-electron chi connectivity index (χ2n) is 5.03. The molecule has 0 aliphatic carbocycles. The van der Waals surface area contributed by atoms with Gasteiger partial charge in [0.25, 0.3) is 0 Å². The third kappa shape index (κ3) is 6.10. The number of rotatable bonds is 6. The number of nitrogens with two attached hydrogens (primary N) is 1. The van der Waals surface area contributed by atoms with Gasteiger partial charge in [0.2, 0.25) is 0 Å². The standard InChI is InChI=1S/C15H13FN2S.C4H11N/c1-2-10-8-12(15(18)13(16)9-10)14(17)6-5-11-4-3-7-19-11;1-3-4-5-2/h2-9,17H,1,18H2;5H,3-4H2,1-2H3/b6-5+,17-14?;. The van der Waals surface area contributed by atoms with Crippen molar-refractivity contribution in [2.24, 2.45) is 0 Å². The Morgan fingerprint density at radius 3 is 2.71 bits per heavy atom. The highest BCUT2D eigenvalue weighted by Gasteiger charge is 2.09. The molecular formula is C19H24FN3S. The molecule has 1 aromatic heterocycles. The molecule has 0 radical (unpaired) electrons. The number of benzene rings is 1. The molecule has 128 valence electrons. The van der Waals surface area contributed by atoms with Crippen LogP contribution < -0.4 is 11.1 Å². The second kappa shape index (κ2) is 10.5. The predicted molar refractivity (Wildman–Crippen MR) is 105 cm³/mol. The molecule has 1 heterocycles. The average Bonchev–Trinajstić information content (AvgIpc) is 3.10. The number of nitrogen functional groups attached to an aromatic ring is 1. The number of thiophene rings is 1. The highest BCUT2D eigenvalue weighted by atomic mass is 32.1. The van der Waals surface area contributed by atoms with Crippen molar-refractivity contribution >= 4 is 34.9 Å². The maximum Gasteiger partial charge on any atom is 0.147 e. The molecule has 0 saturated carbocycles. The summed E-state index contributed by atoms with van der Waals surface area (Å²) in [6.07, 6.45) is 6.19. The van der Waals surface area contributed by atoms with E-state index >= 15 is 0 Å². The number of hydrogen-bond acceptors (Lipinski definition) is 4. The van der Waals surface area contributed by atoms with Crippen molar-refractivity contribution in [2.75, 3.05) is 19.3 Å². The lowest BCUT2D eigenvalue weighted by atomic mass is 10.0. The molecule has 0 aliphatic heterocycles. The Morgan fingerprint density at radius 2 is 2.21 bits per heavy atom. The molecule has 3 nitrogen and oxygen atoms in total. The van der Waals surface area contributed by atoms with Gasteiger partial charge in [-0.2, -0.15) is 0 Å². The van der Waals surface area contributed by atoms with Crippen LogP contribution in [0.4, 0.5) is 10.1 Å². The number of halogens is 1. The fourth-order valence-electron chi connectivity index (χ4n) is 1.87. The molecule has 2 rings (SSSR count). The minimum Gasteiger partial charge on any atom is -0.396 e. The van der Waals surface area contributed by atoms with E-state index in [0.29, 0.717) is 11.1 Å². The molecule has 0 saturated heterocycles. The summed E-state index contributed by atoms with van der Waals surface area (Å²) in [7, 11) is 1.96. The van der Waals surface area contributed by atoms with Crippen molar-refractivity contribution in [3.8, 4) is 0 Å². The van der Waals surface area contributed by atoms with Gasteiger partial charge >= 0.3 is 0 Å². The molecule has 0 unspecified atom stereocenters. The van der Waals surface area contributed by atoms with Crippen LogP contribution in [0.2, 0.25) is 0 Å². The lowest BCUT2D eigenvalue weighted by molar-refractivity contribution is 0.632. The zero-order valence-corrected chi connectivity index (χ0v) is 14.9. The van der Waals surface area contributed by atoms with Crippen LogP contribution in [0, 0.1) is 11.2 Å². The van der Waals surface area contributed by atoms with Crippen LogP contribution in [0.1, 0.15) is 29.3 Å². The smallest absolute Gasteiger partial charge is 0.147 e. The van der Waals surface area contributed by atoms with Crippen LogP contribution in [0.3, 0.4) is 0 Å². The summed E-state index contributed by atoms with van der Waals surface area (Å²) in [5, 5.41) is 12.9. The first-order valence-corrected chi connectivity index (χ1v) is 8.58. The number of anilines is 1. The molecule has 0 amide bonds. The third-order valence-corrected chi connectivity index (χ3v) is 3.97. The SMILES string of the molecule is C=Cc1cc(F)c(N)c(C(=N)/C=C/c2cccs2)c1.CCCNC. The van der Waals surface area contributed by atoms with E-state index in [2.05, 4.69) is 18.8 Å². The summed E-state index contributed by atoms with van der Waals surface area (Å²) >= 11 is 1.57. The molecule has 0 aliphatic rings. The fourth-order valence-corrected chi connectivity index (χ4v) is 2.49. The summed E-state index contributed by atoms with van der Waals surface area (Å²) in [6.45, 7) is 6.88. The van der Waals surface area contributed by atoms with E-state index in [9.17, 15) is 4.39 Å². The van der Waals surface area contributed by atoms with Gasteiger partial charge in [-0.05, 0) is 61.3 Å². The van der Waals surface area contributed by atoms with Gasteiger partial charge in [-0.1, -0.05) is 25.6 Å². The zero-order chi connectivity index (χ0) is 17.9. The van der Waals surface area contributed by atoms with Gasteiger partial charge < -0.3 is 16.5 Å². The van der Waals surface area contributed by atoms with Crippen LogP contribution in [-0.4, -0.2) is 19.3 Å². The summed E-state index contributed by atoms with van der Waals surface area (Å²) in [5.41, 5.74) is 6.83. The summed E-state index contributed by atoms with van der Waals surface area (Å²) in [4.78, 5) is 1.03. The molecule has 0 atom stereocenters. The van der Waals surface area contributed by atoms with Crippen molar-refractivity contribution in [3.05, 3.63) is 64.1 Å². The predicted octanol–water partition coefficient (Wildman–Crippen LogP) is 4.81. The van der Waals surface area contributed by atoms with E-state index in [0.717, 1.165) is 11.4 Å². The van der Waals surface area contributed by atoms with Crippen molar-refractivity contribution in [2.45, 2.75) is 13.3 Å². The molecule has 4 N–H and O–H groups in total. The Labute approximate surface area is 147 Å². The molecule has 5 heteroatoms. The quantitative estimate of drug-likeness (QED) is 0.520. The van der Waals surface area contributed by atoms with Crippen molar-refractivity contribution in [3.63, 3.8) is 0 Å². The van der Waals surface area contributed by atoms with Gasteiger partial charge in [0.15, 0.2) is 0 Å². The van der Waals surface area contributed by atoms with Crippen molar-refractivity contribution < 1.29 is 4.39 Å². The molecule has 0 spiro atoms. The fraction of sp³-hybridized carbons (Fsp3) is 0.211. The number of allylic oxidation sites excluding steroid dienone is 1. The molecular weight excluding hydrogens is 321 g/mol. The van der Waals surface area contributed by atoms with E-state index in [4.69, 9.17) is 11.1 Å². The summed E-state index contributed by atoms with van der Waals surface area (Å²) < 4.78 is 13.6. The van der Waals surface area contributed by atoms with Gasteiger partial charge in [-0.25, -0.2) is 4.39 Å². The maximum atomic E-state index is 13.6. The van der Waals surface area contributed by atoms with E-state index in [1.54, 1.807) is 23.5 Å². The van der Waals surface area contributed by atoms with Crippen molar-refractivity contribution in [1.29, 1.82) is 5.41 Å². The number of nitrogens with one attached hydrogen (secondary N) is 2. The van der Waals surface area contributed by atoms with E-state index in [1.165, 1.54) is 18.6 Å². The highest BCUT2D eigenvalue weighted by molar-refractivity contribution is 7.10. The Kier molecular flexibility index (Phi) is 8.68. The summed E-state index contributed by atoms with van der Waals surface area (Å²) in [5.74, 6) is -0.526. The maximum absolute atomic E-state index is 13.6. The van der Waals surface area contributed by atoms with E-state index in [1.807, 2.05) is 30.6 Å². The topological polar surface area (TPSA) is 61.9 Å². The molecule has 0 fully saturated rings. The van der Waals surface area contributed by atoms with Crippen LogP contribution >= 0.6 is 11.3 Å². The van der Waals surface area contributed by atoms with E-state index < -0.39 is 5.82 Å². The minimum atomic E-state index is -0.526. The average molecular weight is 345 g/mol. The highest BCUT2D eigenvalue weighted by Crippen LogP contribution is 2.21. The third-order valence-electron chi connectivity index (χ3n) is 3.14. The van der Waals surface area contributed by atoms with Crippen LogP contribution in [-0.2, 0) is 0 Å². The van der Waals surface area contributed by atoms with Gasteiger partial charge in [0.05, 0.1) is 11.4 Å². The Morgan fingerprint density at radius 1 is 1.46 bits per heavy atom. The van der Waals surface area contributed by atoms with Gasteiger partial charge in [0, 0.05) is 10.4 Å². The largest absolute Gasteiger partial charge is 0.396 e. The minimum absolute atomic E-state index is 0.00794. The van der Waals surface area contributed by atoms with Gasteiger partial charge in [-0.3, -0.25) is 0 Å². The van der Waals surface area contributed by atoms with Crippen molar-refractivity contribution in [1.82, 2.24) is 5.32 Å². The van der Waals surface area contributed by atoms with Crippen LogP contribution in [0.25, 0.3) is 12.2 Å². The first kappa shape index (κ1) is 19.8. The summed E-state index contributed by atoms with van der Waals surface area (Å²) in [6, 6.07) is 6.84. The normalized spacial score (nSPS) is 10.3. The first-order valence-electron chi connectivity index (χ1n) is 7.70.